The summed E-state index contributed by atoms with van der Waals surface area (Å²) in [6, 6.07) is 0. The van der Waals surface area contributed by atoms with Crippen LogP contribution in [-0.4, -0.2) is 56.7 Å². The second-order valence-corrected chi connectivity index (χ2v) is 6.94. The van der Waals surface area contributed by atoms with Gasteiger partial charge in [0.2, 0.25) is 5.91 Å². The predicted octanol–water partition coefficient (Wildman–Crippen LogP) is 2.08. The Hall–Kier alpha value is -1.69. The highest BCUT2D eigenvalue weighted by Gasteiger charge is 2.27. The molecule has 0 aliphatic carbocycles. The van der Waals surface area contributed by atoms with E-state index in [-0.39, 0.29) is 5.91 Å². The van der Waals surface area contributed by atoms with Crippen molar-refractivity contribution in [3.63, 3.8) is 0 Å². The largest absolute Gasteiger partial charge is 0.342 e. The van der Waals surface area contributed by atoms with Gasteiger partial charge in [0.15, 0.2) is 0 Å². The van der Waals surface area contributed by atoms with Crippen LogP contribution in [0.15, 0.2) is 12.2 Å². The molecule has 1 amide bonds. The van der Waals surface area contributed by atoms with Crippen LogP contribution >= 0.6 is 0 Å². The molecule has 132 valence electrons. The molecule has 6 nitrogen and oxygen atoms in total. The Morgan fingerprint density at radius 3 is 2.54 bits per heavy atom. The third kappa shape index (κ3) is 3.86. The van der Waals surface area contributed by atoms with Crippen molar-refractivity contribution in [3.05, 3.63) is 23.8 Å². The second kappa shape index (κ2) is 7.92. The summed E-state index contributed by atoms with van der Waals surface area (Å²) in [5, 5.41) is 8.90. The van der Waals surface area contributed by atoms with Crippen LogP contribution in [0, 0.1) is 0 Å². The molecule has 0 bridgehead atoms. The highest BCUT2D eigenvalue weighted by molar-refractivity contribution is 5.77. The van der Waals surface area contributed by atoms with Crippen LogP contribution in [0.4, 0.5) is 0 Å². The molecule has 2 aliphatic rings. The van der Waals surface area contributed by atoms with Gasteiger partial charge in [-0.2, -0.15) is 0 Å². The molecule has 2 aliphatic heterocycles. The fourth-order valence-corrected chi connectivity index (χ4v) is 3.74. The van der Waals surface area contributed by atoms with Crippen LogP contribution in [0.5, 0.6) is 0 Å². The third-order valence-corrected chi connectivity index (χ3v) is 5.30. The fourth-order valence-electron chi connectivity index (χ4n) is 3.74. The Morgan fingerprint density at radius 1 is 1.17 bits per heavy atom. The van der Waals surface area contributed by atoms with Gasteiger partial charge in [-0.25, -0.2) is 0 Å². The number of allylic oxidation sites excluding steroid dienone is 1. The Morgan fingerprint density at radius 2 is 1.88 bits per heavy atom. The molecular formula is C18H29N5O. The lowest BCUT2D eigenvalue weighted by Gasteiger charge is -2.31. The number of hydrogen-bond donors (Lipinski definition) is 0. The summed E-state index contributed by atoms with van der Waals surface area (Å²) in [6.45, 7) is 6.87. The van der Waals surface area contributed by atoms with Crippen molar-refractivity contribution >= 4 is 5.91 Å². The summed E-state index contributed by atoms with van der Waals surface area (Å²) in [7, 11) is 2.09. The van der Waals surface area contributed by atoms with E-state index in [1.54, 1.807) is 0 Å². The summed E-state index contributed by atoms with van der Waals surface area (Å²) >= 11 is 0. The number of nitrogens with zero attached hydrogens (tertiary/aromatic N) is 5. The standard InChI is InChI=1S/C18H29N5O/c1-3-4-7-17(24)23-12-8-15(9-13-23)18-20-19-16(21(18)2)14-22-10-5-6-11-22/h3-4,15H,5-14H2,1-2H3. The number of carbonyl (C=O) groups is 1. The lowest BCUT2D eigenvalue weighted by molar-refractivity contribution is -0.131. The predicted molar refractivity (Wildman–Crippen MR) is 93.5 cm³/mol. The average Bonchev–Trinajstić information content (AvgIpc) is 3.24. The Balaban J connectivity index is 1.56. The molecule has 2 saturated heterocycles. The van der Waals surface area contributed by atoms with Gasteiger partial charge in [0, 0.05) is 32.5 Å². The van der Waals surface area contributed by atoms with Gasteiger partial charge in [-0.1, -0.05) is 12.2 Å². The first-order chi connectivity index (χ1) is 11.7. The summed E-state index contributed by atoms with van der Waals surface area (Å²) < 4.78 is 2.18. The molecular weight excluding hydrogens is 302 g/mol. The minimum absolute atomic E-state index is 0.235. The van der Waals surface area contributed by atoms with Crippen molar-refractivity contribution in [1.29, 1.82) is 0 Å². The van der Waals surface area contributed by atoms with E-state index in [0.717, 1.165) is 44.1 Å². The molecule has 0 atom stereocenters. The molecule has 0 spiro atoms. The van der Waals surface area contributed by atoms with E-state index in [0.29, 0.717) is 12.3 Å². The normalized spacial score (nSPS) is 20.3. The molecule has 0 unspecified atom stereocenters. The van der Waals surface area contributed by atoms with Crippen molar-refractivity contribution in [2.24, 2.45) is 7.05 Å². The minimum Gasteiger partial charge on any atom is -0.342 e. The smallest absolute Gasteiger partial charge is 0.226 e. The number of piperidine rings is 1. The molecule has 0 aromatic carbocycles. The van der Waals surface area contributed by atoms with E-state index in [4.69, 9.17) is 0 Å². The molecule has 6 heteroatoms. The maximum atomic E-state index is 12.1. The number of aromatic nitrogens is 3. The first-order valence-electron chi connectivity index (χ1n) is 9.18. The van der Waals surface area contributed by atoms with Gasteiger partial charge in [-0.05, 0) is 45.7 Å². The van der Waals surface area contributed by atoms with E-state index < -0.39 is 0 Å². The lowest BCUT2D eigenvalue weighted by atomic mass is 9.95. The van der Waals surface area contributed by atoms with Crippen LogP contribution in [0.2, 0.25) is 0 Å². The van der Waals surface area contributed by atoms with Crippen LogP contribution in [0.25, 0.3) is 0 Å². The molecule has 0 radical (unpaired) electrons. The second-order valence-electron chi connectivity index (χ2n) is 6.94. The minimum atomic E-state index is 0.235. The molecule has 3 heterocycles. The van der Waals surface area contributed by atoms with E-state index in [9.17, 15) is 4.79 Å². The van der Waals surface area contributed by atoms with Crippen molar-refractivity contribution in [2.75, 3.05) is 26.2 Å². The molecule has 0 saturated carbocycles. The molecule has 24 heavy (non-hydrogen) atoms. The van der Waals surface area contributed by atoms with E-state index >= 15 is 0 Å². The summed E-state index contributed by atoms with van der Waals surface area (Å²) in [5.41, 5.74) is 0. The van der Waals surface area contributed by atoms with Crippen LogP contribution in [-0.2, 0) is 18.4 Å². The quantitative estimate of drug-likeness (QED) is 0.775. The zero-order chi connectivity index (χ0) is 16.9. The molecule has 0 N–H and O–H groups in total. The number of hydrogen-bond acceptors (Lipinski definition) is 4. The van der Waals surface area contributed by atoms with Crippen LogP contribution < -0.4 is 0 Å². The monoisotopic (exact) mass is 331 g/mol. The van der Waals surface area contributed by atoms with E-state index in [2.05, 4.69) is 26.7 Å². The van der Waals surface area contributed by atoms with Crippen LogP contribution in [0.1, 0.15) is 56.6 Å². The summed E-state index contributed by atoms with van der Waals surface area (Å²) in [4.78, 5) is 16.5. The molecule has 3 rings (SSSR count). The first-order valence-corrected chi connectivity index (χ1v) is 9.18. The van der Waals surface area contributed by atoms with Crippen molar-refractivity contribution < 1.29 is 4.79 Å². The summed E-state index contributed by atoms with van der Waals surface area (Å²) in [6.07, 6.45) is 8.95. The number of amides is 1. The zero-order valence-corrected chi connectivity index (χ0v) is 14.9. The van der Waals surface area contributed by atoms with Gasteiger partial charge >= 0.3 is 0 Å². The van der Waals surface area contributed by atoms with E-state index in [1.807, 2.05) is 24.0 Å². The Labute approximate surface area is 144 Å². The van der Waals surface area contributed by atoms with Gasteiger partial charge in [-0.3, -0.25) is 9.69 Å². The SMILES string of the molecule is CC=CCC(=O)N1CCC(c2nnc(CN3CCCC3)n2C)CC1. The van der Waals surface area contributed by atoms with Crippen molar-refractivity contribution in [2.45, 2.75) is 51.5 Å². The zero-order valence-electron chi connectivity index (χ0n) is 14.9. The van der Waals surface area contributed by atoms with Gasteiger partial charge in [0.05, 0.1) is 6.54 Å². The fraction of sp³-hybridized carbons (Fsp3) is 0.722. The van der Waals surface area contributed by atoms with Gasteiger partial charge < -0.3 is 9.47 Å². The third-order valence-electron chi connectivity index (χ3n) is 5.30. The van der Waals surface area contributed by atoms with Crippen LogP contribution in [0.3, 0.4) is 0 Å². The van der Waals surface area contributed by atoms with E-state index in [1.165, 1.54) is 25.9 Å². The summed E-state index contributed by atoms with van der Waals surface area (Å²) in [5.74, 6) is 2.81. The first kappa shape index (κ1) is 17.1. The van der Waals surface area contributed by atoms with Gasteiger partial charge in [0.25, 0.3) is 0 Å². The number of rotatable bonds is 5. The molecule has 1 aromatic rings. The molecule has 1 aromatic heterocycles. The van der Waals surface area contributed by atoms with Gasteiger partial charge in [-0.15, -0.1) is 10.2 Å². The Kier molecular flexibility index (Phi) is 5.66. The van der Waals surface area contributed by atoms with Crippen molar-refractivity contribution in [3.8, 4) is 0 Å². The highest BCUT2D eigenvalue weighted by atomic mass is 16.2. The highest BCUT2D eigenvalue weighted by Crippen LogP contribution is 2.27. The number of likely N-dealkylation sites (tertiary alicyclic amines) is 2. The maximum Gasteiger partial charge on any atom is 0.226 e. The topological polar surface area (TPSA) is 54.3 Å². The average molecular weight is 331 g/mol. The maximum absolute atomic E-state index is 12.1. The van der Waals surface area contributed by atoms with Crippen molar-refractivity contribution in [1.82, 2.24) is 24.6 Å². The van der Waals surface area contributed by atoms with Gasteiger partial charge in [0.1, 0.15) is 11.6 Å². The number of carbonyl (C=O) groups excluding carboxylic acids is 1. The Bertz CT molecular complexity index is 580. The lowest BCUT2D eigenvalue weighted by Crippen LogP contribution is -2.38. The molecule has 2 fully saturated rings.